The van der Waals surface area contributed by atoms with Crippen molar-refractivity contribution in [2.24, 2.45) is 7.05 Å². The predicted octanol–water partition coefficient (Wildman–Crippen LogP) is 1.87. The number of aromatic amines is 1. The molecule has 106 valence electrons. The molecule has 0 amide bonds. The predicted molar refractivity (Wildman–Crippen MR) is 73.4 cm³/mol. The molecule has 6 nitrogen and oxygen atoms in total. The molecule has 0 spiro atoms. The van der Waals surface area contributed by atoms with Crippen molar-refractivity contribution < 1.29 is 9.53 Å². The largest absolute Gasteiger partial charge is 0.461 e. The quantitative estimate of drug-likeness (QED) is 0.867. The minimum absolute atomic E-state index is 0.254. The van der Waals surface area contributed by atoms with Crippen LogP contribution < -0.4 is 0 Å². The Bertz CT molecular complexity index is 642. The molecule has 6 heteroatoms. The van der Waals surface area contributed by atoms with Crippen LogP contribution in [0.25, 0.3) is 11.4 Å². The highest BCUT2D eigenvalue weighted by atomic mass is 16.5. The Morgan fingerprint density at radius 1 is 1.40 bits per heavy atom. The Morgan fingerprint density at radius 3 is 2.95 bits per heavy atom. The number of carbonyl (C=O) groups is 1. The van der Waals surface area contributed by atoms with Crippen LogP contribution in [0, 0.1) is 0 Å². The Morgan fingerprint density at radius 2 is 2.20 bits per heavy atom. The molecule has 1 N–H and O–H groups in total. The summed E-state index contributed by atoms with van der Waals surface area (Å²) in [4.78, 5) is 11.9. The molecular weight excluding hydrogens is 256 g/mol. The van der Waals surface area contributed by atoms with Crippen LogP contribution >= 0.6 is 0 Å². The van der Waals surface area contributed by atoms with Gasteiger partial charge >= 0.3 is 5.97 Å². The summed E-state index contributed by atoms with van der Waals surface area (Å²) in [6, 6.07) is 2.12. The minimum Gasteiger partial charge on any atom is -0.461 e. The first-order valence-corrected chi connectivity index (χ1v) is 6.98. The van der Waals surface area contributed by atoms with Gasteiger partial charge in [0.1, 0.15) is 5.69 Å². The fourth-order valence-corrected chi connectivity index (χ4v) is 2.84. The molecule has 1 aliphatic carbocycles. The van der Waals surface area contributed by atoms with Gasteiger partial charge in [-0.2, -0.15) is 10.3 Å². The molecule has 3 rings (SSSR count). The zero-order chi connectivity index (χ0) is 14.1. The Balaban J connectivity index is 2.04. The van der Waals surface area contributed by atoms with Gasteiger partial charge in [0.15, 0.2) is 5.69 Å². The number of nitrogens with one attached hydrogen (secondary N) is 1. The summed E-state index contributed by atoms with van der Waals surface area (Å²) in [6.45, 7) is 2.10. The second kappa shape index (κ2) is 5.11. The van der Waals surface area contributed by atoms with Crippen LogP contribution in [0.4, 0.5) is 0 Å². The van der Waals surface area contributed by atoms with Gasteiger partial charge < -0.3 is 9.30 Å². The number of ether oxygens (including phenoxy) is 1. The third kappa shape index (κ3) is 2.01. The Kier molecular flexibility index (Phi) is 3.30. The molecule has 0 saturated carbocycles. The van der Waals surface area contributed by atoms with E-state index in [-0.39, 0.29) is 5.69 Å². The van der Waals surface area contributed by atoms with Crippen molar-refractivity contribution in [3.8, 4) is 11.4 Å². The molecule has 0 radical (unpaired) electrons. The molecule has 0 saturated heterocycles. The summed E-state index contributed by atoms with van der Waals surface area (Å²) in [5.74, 6) is -0.435. The number of carbonyl (C=O) groups excluding carboxylic acids is 1. The molecule has 2 aromatic rings. The first-order valence-electron chi connectivity index (χ1n) is 6.98. The molecular formula is C14H18N4O2. The number of H-pyrrole nitrogens is 1. The van der Waals surface area contributed by atoms with E-state index in [0.717, 1.165) is 18.5 Å². The smallest absolute Gasteiger partial charge is 0.361 e. The van der Waals surface area contributed by atoms with E-state index in [4.69, 9.17) is 4.74 Å². The molecule has 0 aromatic carbocycles. The van der Waals surface area contributed by atoms with Crippen LogP contribution in [0.5, 0.6) is 0 Å². The monoisotopic (exact) mass is 274 g/mol. The fraction of sp³-hybridized carbons (Fsp3) is 0.500. The number of rotatable bonds is 3. The van der Waals surface area contributed by atoms with Gasteiger partial charge in [-0.25, -0.2) is 4.79 Å². The number of aryl methyl sites for hydroxylation is 1. The Hall–Kier alpha value is -2.11. The topological polar surface area (TPSA) is 72.8 Å². The van der Waals surface area contributed by atoms with E-state index in [2.05, 4.69) is 26.0 Å². The molecule has 2 aromatic heterocycles. The van der Waals surface area contributed by atoms with E-state index in [1.807, 2.05) is 7.05 Å². The highest BCUT2D eigenvalue weighted by Crippen LogP contribution is 2.30. The molecule has 0 aliphatic heterocycles. The highest BCUT2D eigenvalue weighted by molar-refractivity contribution is 5.93. The van der Waals surface area contributed by atoms with Crippen molar-refractivity contribution in [1.29, 1.82) is 0 Å². The van der Waals surface area contributed by atoms with E-state index in [0.29, 0.717) is 12.3 Å². The van der Waals surface area contributed by atoms with Crippen LogP contribution in [0.2, 0.25) is 0 Å². The Labute approximate surface area is 117 Å². The average molecular weight is 274 g/mol. The average Bonchev–Trinajstić information content (AvgIpc) is 3.04. The van der Waals surface area contributed by atoms with Crippen molar-refractivity contribution in [3.63, 3.8) is 0 Å². The molecule has 0 unspecified atom stereocenters. The van der Waals surface area contributed by atoms with E-state index in [1.54, 1.807) is 6.92 Å². The summed E-state index contributed by atoms with van der Waals surface area (Å²) in [5, 5.41) is 10.6. The van der Waals surface area contributed by atoms with E-state index in [9.17, 15) is 4.79 Å². The number of hydrogen-bond donors (Lipinski definition) is 1. The zero-order valence-electron chi connectivity index (χ0n) is 11.8. The van der Waals surface area contributed by atoms with E-state index >= 15 is 0 Å². The lowest BCUT2D eigenvalue weighted by atomic mass is 9.98. The van der Waals surface area contributed by atoms with Crippen molar-refractivity contribution in [2.75, 3.05) is 6.61 Å². The summed E-state index contributed by atoms with van der Waals surface area (Å²) < 4.78 is 7.14. The van der Waals surface area contributed by atoms with Gasteiger partial charge in [0, 0.05) is 12.7 Å². The minimum atomic E-state index is -0.435. The van der Waals surface area contributed by atoms with Gasteiger partial charge in [0.25, 0.3) is 0 Å². The lowest BCUT2D eigenvalue weighted by Gasteiger charge is -2.13. The molecule has 0 fully saturated rings. The lowest BCUT2D eigenvalue weighted by Crippen LogP contribution is -2.08. The van der Waals surface area contributed by atoms with Crippen LogP contribution in [-0.2, 0) is 24.6 Å². The normalized spacial score (nSPS) is 14.1. The van der Waals surface area contributed by atoms with Gasteiger partial charge in [0.2, 0.25) is 0 Å². The van der Waals surface area contributed by atoms with Crippen LogP contribution in [0.3, 0.4) is 0 Å². The number of hydrogen-bond acceptors (Lipinski definition) is 4. The second-order valence-electron chi connectivity index (χ2n) is 5.01. The maximum absolute atomic E-state index is 11.9. The van der Waals surface area contributed by atoms with Gasteiger partial charge in [-0.3, -0.25) is 0 Å². The first-order chi connectivity index (χ1) is 9.72. The third-order valence-corrected chi connectivity index (χ3v) is 3.82. The summed E-state index contributed by atoms with van der Waals surface area (Å²) in [5.41, 5.74) is 4.44. The van der Waals surface area contributed by atoms with Gasteiger partial charge in [0.05, 0.1) is 12.3 Å². The molecule has 0 bridgehead atoms. The van der Waals surface area contributed by atoms with Crippen LogP contribution in [-0.4, -0.2) is 32.6 Å². The summed E-state index contributed by atoms with van der Waals surface area (Å²) in [6.07, 6.45) is 4.61. The molecule has 2 heterocycles. The number of aromatic nitrogens is 4. The van der Waals surface area contributed by atoms with Gasteiger partial charge in [-0.1, -0.05) is 0 Å². The zero-order valence-corrected chi connectivity index (χ0v) is 11.8. The lowest BCUT2D eigenvalue weighted by molar-refractivity contribution is 0.0520. The van der Waals surface area contributed by atoms with E-state index in [1.165, 1.54) is 24.1 Å². The third-order valence-electron chi connectivity index (χ3n) is 3.82. The fourth-order valence-electron chi connectivity index (χ4n) is 2.84. The van der Waals surface area contributed by atoms with Gasteiger partial charge in [-0.15, -0.1) is 5.10 Å². The molecule has 1 aliphatic rings. The second-order valence-corrected chi connectivity index (χ2v) is 5.01. The SMILES string of the molecule is CCOC(=O)c1n[nH]nc1-c1cc2c(n1C)CCCC2. The molecule has 0 atom stereocenters. The van der Waals surface area contributed by atoms with Crippen molar-refractivity contribution in [3.05, 3.63) is 23.0 Å². The number of nitrogens with zero attached hydrogens (tertiary/aromatic N) is 3. The maximum Gasteiger partial charge on any atom is 0.361 e. The summed E-state index contributed by atoms with van der Waals surface area (Å²) in [7, 11) is 2.02. The standard InChI is InChI=1S/C14H18N4O2/c1-3-20-14(19)13-12(15-17-16-13)11-8-9-6-4-5-7-10(9)18(11)2/h8H,3-7H2,1-2H3,(H,15,16,17). The summed E-state index contributed by atoms with van der Waals surface area (Å²) >= 11 is 0. The van der Waals surface area contributed by atoms with Crippen LogP contribution in [0.1, 0.15) is 41.5 Å². The number of esters is 1. The van der Waals surface area contributed by atoms with Crippen molar-refractivity contribution in [2.45, 2.75) is 32.6 Å². The number of fused-ring (bicyclic) bond motifs is 1. The first kappa shape index (κ1) is 12.9. The van der Waals surface area contributed by atoms with Gasteiger partial charge in [-0.05, 0) is 44.2 Å². The maximum atomic E-state index is 11.9. The van der Waals surface area contributed by atoms with E-state index < -0.39 is 5.97 Å². The van der Waals surface area contributed by atoms with Crippen molar-refractivity contribution in [1.82, 2.24) is 20.0 Å². The van der Waals surface area contributed by atoms with Crippen LogP contribution in [0.15, 0.2) is 6.07 Å². The molecule has 20 heavy (non-hydrogen) atoms. The highest BCUT2D eigenvalue weighted by Gasteiger charge is 2.24. The van der Waals surface area contributed by atoms with Crippen molar-refractivity contribution >= 4 is 5.97 Å².